The molecule has 0 saturated carbocycles. The molecule has 3 nitrogen and oxygen atoms in total. The summed E-state index contributed by atoms with van der Waals surface area (Å²) in [6, 6.07) is 1.70. The summed E-state index contributed by atoms with van der Waals surface area (Å²) in [4.78, 5) is 21.5. The fraction of sp³-hybridized carbons (Fsp3) is 0.143. The van der Waals surface area contributed by atoms with Crippen LogP contribution < -0.4 is 5.32 Å². The third-order valence-corrected chi connectivity index (χ3v) is 2.21. The monoisotopic (exact) mass is 169 g/mol. The van der Waals surface area contributed by atoms with Crippen LogP contribution in [-0.2, 0) is 4.79 Å². The fourth-order valence-electron chi connectivity index (χ4n) is 0.759. The molecule has 0 fully saturated rings. The molecule has 1 heterocycles. The third kappa shape index (κ3) is 1.65. The van der Waals surface area contributed by atoms with E-state index in [-0.39, 0.29) is 5.78 Å². The topological polar surface area (TPSA) is 46.2 Å². The highest BCUT2D eigenvalue weighted by molar-refractivity contribution is 7.12. The molecule has 0 aliphatic carbocycles. The summed E-state index contributed by atoms with van der Waals surface area (Å²) in [5.74, 6) is -0.0237. The van der Waals surface area contributed by atoms with Gasteiger partial charge in [-0.3, -0.25) is 9.59 Å². The summed E-state index contributed by atoms with van der Waals surface area (Å²) in [6.45, 7) is 1.47. The normalized spacial score (nSPS) is 9.18. The van der Waals surface area contributed by atoms with Crippen LogP contribution in [0.2, 0.25) is 0 Å². The molecule has 0 unspecified atom stereocenters. The van der Waals surface area contributed by atoms with Crippen LogP contribution in [0, 0.1) is 0 Å². The van der Waals surface area contributed by atoms with Crippen molar-refractivity contribution >= 4 is 29.2 Å². The average Bonchev–Trinajstić information content (AvgIpc) is 2.36. The highest BCUT2D eigenvalue weighted by atomic mass is 32.1. The van der Waals surface area contributed by atoms with Crippen molar-refractivity contribution in [3.63, 3.8) is 0 Å². The van der Waals surface area contributed by atoms with Crippen molar-refractivity contribution in [1.82, 2.24) is 0 Å². The van der Waals surface area contributed by atoms with Gasteiger partial charge in [0.15, 0.2) is 5.78 Å². The fourth-order valence-corrected chi connectivity index (χ4v) is 1.52. The van der Waals surface area contributed by atoms with Crippen LogP contribution in [-0.4, -0.2) is 12.2 Å². The van der Waals surface area contributed by atoms with Gasteiger partial charge in [-0.25, -0.2) is 0 Å². The molecular formula is C7H7NO2S. The van der Waals surface area contributed by atoms with Gasteiger partial charge in [-0.1, -0.05) is 0 Å². The second kappa shape index (κ2) is 3.30. The lowest BCUT2D eigenvalue weighted by Crippen LogP contribution is -1.97. The molecule has 0 aromatic carbocycles. The smallest absolute Gasteiger partial charge is 0.211 e. The van der Waals surface area contributed by atoms with E-state index in [1.807, 2.05) is 0 Å². The number of carbonyl (C=O) groups is 2. The maximum Gasteiger partial charge on any atom is 0.211 e. The molecule has 1 N–H and O–H groups in total. The van der Waals surface area contributed by atoms with Gasteiger partial charge in [-0.15, -0.1) is 11.3 Å². The largest absolute Gasteiger partial charge is 0.327 e. The zero-order chi connectivity index (χ0) is 8.27. The zero-order valence-corrected chi connectivity index (χ0v) is 6.77. The van der Waals surface area contributed by atoms with E-state index < -0.39 is 0 Å². The van der Waals surface area contributed by atoms with Crippen LogP contribution in [0.15, 0.2) is 11.4 Å². The minimum Gasteiger partial charge on any atom is -0.327 e. The molecule has 11 heavy (non-hydrogen) atoms. The van der Waals surface area contributed by atoms with Crippen molar-refractivity contribution in [2.45, 2.75) is 6.92 Å². The molecule has 1 aromatic rings. The average molecular weight is 169 g/mol. The Kier molecular flexibility index (Phi) is 2.38. The first-order chi connectivity index (χ1) is 5.25. The summed E-state index contributed by atoms with van der Waals surface area (Å²) >= 11 is 1.33. The Bertz CT molecular complexity index is 280. The highest BCUT2D eigenvalue weighted by Crippen LogP contribution is 2.21. The Morgan fingerprint density at radius 2 is 2.45 bits per heavy atom. The molecule has 4 heteroatoms. The molecule has 0 radical (unpaired) electrons. The third-order valence-electron chi connectivity index (χ3n) is 1.20. The SMILES string of the molecule is CC(=O)c1sccc1NC=O. The van der Waals surface area contributed by atoms with Gasteiger partial charge in [-0.05, 0) is 11.4 Å². The van der Waals surface area contributed by atoms with Crippen LogP contribution in [0.4, 0.5) is 5.69 Å². The van der Waals surface area contributed by atoms with E-state index in [0.717, 1.165) is 0 Å². The van der Waals surface area contributed by atoms with E-state index in [4.69, 9.17) is 0 Å². The van der Waals surface area contributed by atoms with Gasteiger partial charge in [0.25, 0.3) is 0 Å². The lowest BCUT2D eigenvalue weighted by Gasteiger charge is -1.95. The van der Waals surface area contributed by atoms with E-state index in [9.17, 15) is 9.59 Å². The van der Waals surface area contributed by atoms with Crippen molar-refractivity contribution < 1.29 is 9.59 Å². The summed E-state index contributed by atoms with van der Waals surface area (Å²) in [5.41, 5.74) is 0.595. The second-order valence-electron chi connectivity index (χ2n) is 1.98. The van der Waals surface area contributed by atoms with Gasteiger partial charge in [-0.2, -0.15) is 0 Å². The number of thiophene rings is 1. The predicted octanol–water partition coefficient (Wildman–Crippen LogP) is 1.52. The lowest BCUT2D eigenvalue weighted by molar-refractivity contribution is -0.105. The number of anilines is 1. The minimum atomic E-state index is -0.0237. The summed E-state index contributed by atoms with van der Waals surface area (Å²) in [5, 5.41) is 4.21. The molecule has 0 bridgehead atoms. The maximum absolute atomic E-state index is 10.9. The van der Waals surface area contributed by atoms with Gasteiger partial charge in [0.2, 0.25) is 6.41 Å². The van der Waals surface area contributed by atoms with Crippen molar-refractivity contribution in [3.05, 3.63) is 16.3 Å². The van der Waals surface area contributed by atoms with Crippen LogP contribution in [0.25, 0.3) is 0 Å². The second-order valence-corrected chi connectivity index (χ2v) is 2.90. The lowest BCUT2D eigenvalue weighted by atomic mass is 10.3. The molecule has 1 amide bonds. The maximum atomic E-state index is 10.9. The number of carbonyl (C=O) groups excluding carboxylic acids is 2. The van der Waals surface area contributed by atoms with Crippen LogP contribution >= 0.6 is 11.3 Å². The van der Waals surface area contributed by atoms with Crippen LogP contribution in [0.1, 0.15) is 16.6 Å². The molecule has 1 rings (SSSR count). The molecule has 0 aliphatic heterocycles. The first-order valence-electron chi connectivity index (χ1n) is 3.04. The van der Waals surface area contributed by atoms with Crippen LogP contribution in [0.3, 0.4) is 0 Å². The first-order valence-corrected chi connectivity index (χ1v) is 3.92. The van der Waals surface area contributed by atoms with Crippen molar-refractivity contribution in [2.75, 3.05) is 5.32 Å². The zero-order valence-electron chi connectivity index (χ0n) is 5.96. The van der Waals surface area contributed by atoms with Gasteiger partial charge in [0.05, 0.1) is 10.6 Å². The Morgan fingerprint density at radius 1 is 1.73 bits per heavy atom. The van der Waals surface area contributed by atoms with Gasteiger partial charge in [0, 0.05) is 6.92 Å². The first kappa shape index (κ1) is 7.94. The quantitative estimate of drug-likeness (QED) is 0.550. The number of ketones is 1. The Labute approximate surface area is 68.0 Å². The number of Topliss-reactive ketones (excluding diaryl/α,β-unsaturated/α-hetero) is 1. The molecular weight excluding hydrogens is 162 g/mol. The molecule has 0 saturated heterocycles. The molecule has 1 aromatic heterocycles. The Balaban J connectivity index is 2.95. The number of rotatable bonds is 3. The van der Waals surface area contributed by atoms with Crippen molar-refractivity contribution in [2.24, 2.45) is 0 Å². The summed E-state index contributed by atoms with van der Waals surface area (Å²) < 4.78 is 0. The van der Waals surface area contributed by atoms with Crippen molar-refractivity contribution in [3.8, 4) is 0 Å². The number of hydrogen-bond acceptors (Lipinski definition) is 3. The highest BCUT2D eigenvalue weighted by Gasteiger charge is 2.06. The van der Waals surface area contributed by atoms with E-state index in [1.165, 1.54) is 18.3 Å². The van der Waals surface area contributed by atoms with E-state index in [0.29, 0.717) is 17.0 Å². The van der Waals surface area contributed by atoms with E-state index in [2.05, 4.69) is 5.32 Å². The molecule has 58 valence electrons. The van der Waals surface area contributed by atoms with Gasteiger partial charge >= 0.3 is 0 Å². The molecule has 0 spiro atoms. The standard InChI is InChI=1S/C7H7NO2S/c1-5(10)7-6(8-4-9)2-3-11-7/h2-4H,1H3,(H,8,9). The minimum absolute atomic E-state index is 0.0237. The molecule has 0 atom stereocenters. The van der Waals surface area contributed by atoms with E-state index >= 15 is 0 Å². The Hall–Kier alpha value is -1.16. The van der Waals surface area contributed by atoms with Gasteiger partial charge in [0.1, 0.15) is 0 Å². The molecule has 0 aliphatic rings. The number of nitrogens with one attached hydrogen (secondary N) is 1. The number of hydrogen-bond donors (Lipinski definition) is 1. The summed E-state index contributed by atoms with van der Waals surface area (Å²) in [6.07, 6.45) is 0.564. The van der Waals surface area contributed by atoms with Crippen molar-refractivity contribution in [1.29, 1.82) is 0 Å². The van der Waals surface area contributed by atoms with Gasteiger partial charge < -0.3 is 5.32 Å². The van der Waals surface area contributed by atoms with Crippen LogP contribution in [0.5, 0.6) is 0 Å². The predicted molar refractivity (Wildman–Crippen MR) is 44.0 cm³/mol. The summed E-state index contributed by atoms with van der Waals surface area (Å²) in [7, 11) is 0. The van der Waals surface area contributed by atoms with E-state index in [1.54, 1.807) is 11.4 Å². The Morgan fingerprint density at radius 3 is 3.00 bits per heavy atom. The number of amides is 1.